The number of rotatable bonds is 3. The van der Waals surface area contributed by atoms with Gasteiger partial charge in [-0.2, -0.15) is 0 Å². The number of halogens is 3. The van der Waals surface area contributed by atoms with E-state index in [-0.39, 0.29) is 40.6 Å². The van der Waals surface area contributed by atoms with Gasteiger partial charge >= 0.3 is 142 Å². The van der Waals surface area contributed by atoms with Crippen molar-refractivity contribution in [2.75, 3.05) is 7.11 Å². The minimum atomic E-state index is -1.69. The molecule has 0 radical (unpaired) electrons. The van der Waals surface area contributed by atoms with Crippen LogP contribution in [0, 0.1) is 0 Å². The molecule has 24 heavy (non-hydrogen) atoms. The van der Waals surface area contributed by atoms with Crippen molar-refractivity contribution in [2.45, 2.75) is 44.1 Å². The molecule has 1 aromatic rings. The van der Waals surface area contributed by atoms with Crippen molar-refractivity contribution >= 4 is 13.3 Å². The van der Waals surface area contributed by atoms with Crippen molar-refractivity contribution in [3.63, 3.8) is 0 Å². The van der Waals surface area contributed by atoms with Crippen LogP contribution in [0.4, 0.5) is 0 Å². The van der Waals surface area contributed by atoms with Crippen LogP contribution in [-0.4, -0.2) is 15.2 Å². The molecule has 0 amide bonds. The van der Waals surface area contributed by atoms with E-state index < -0.39 is 8.07 Å². The molecule has 1 aliphatic rings. The zero-order chi connectivity index (χ0) is 16.0. The molecule has 0 aliphatic heterocycles. The summed E-state index contributed by atoms with van der Waals surface area (Å²) in [5, 5.41) is 1.49. The van der Waals surface area contributed by atoms with Gasteiger partial charge in [0.05, 0.1) is 0 Å². The Balaban J connectivity index is 0. The molecule has 0 aromatic heterocycles. The van der Waals surface area contributed by atoms with E-state index in [1.54, 1.807) is 18.3 Å². The summed E-state index contributed by atoms with van der Waals surface area (Å²) in [5.74, 6) is 0.937. The number of hydrogen-bond acceptors (Lipinski definition) is 1. The summed E-state index contributed by atoms with van der Waals surface area (Å²) < 4.78 is 5.51. The first-order chi connectivity index (χ1) is 9.67. The summed E-state index contributed by atoms with van der Waals surface area (Å²) in [6.45, 7) is 14.2. The number of allylic oxidation sites excluding steroid dienone is 4. The third-order valence-electron chi connectivity index (χ3n) is 5.56. The van der Waals surface area contributed by atoms with Crippen LogP contribution in [0.25, 0.3) is 0 Å². The molecule has 1 aromatic carbocycles. The average Bonchev–Trinajstić information content (AvgIpc) is 2.64. The first-order valence-electron chi connectivity index (χ1n) is 7.43. The van der Waals surface area contributed by atoms with E-state index in [1.807, 2.05) is 0 Å². The second-order valence-electron chi connectivity index (χ2n) is 6.60. The summed E-state index contributed by atoms with van der Waals surface area (Å²) >= 11 is 2.45. The van der Waals surface area contributed by atoms with Crippen LogP contribution in [-0.2, 0) is 20.4 Å². The topological polar surface area (TPSA) is 9.23 Å². The van der Waals surface area contributed by atoms with Gasteiger partial charge in [-0.05, 0) is 0 Å². The molecule has 0 saturated carbocycles. The van der Waals surface area contributed by atoms with Crippen molar-refractivity contribution in [3.05, 3.63) is 46.6 Å². The zero-order valence-corrected chi connectivity index (χ0v) is 20.2. The Hall–Kier alpha value is 0.301. The molecule has 0 N–H and O–H groups in total. The predicted molar refractivity (Wildman–Crippen MR) is 89.6 cm³/mol. The van der Waals surface area contributed by atoms with Crippen molar-refractivity contribution in [3.8, 4) is 5.75 Å². The molecular weight excluding hydrogens is 415 g/mol. The third-order valence-corrected chi connectivity index (χ3v) is 14.1. The molecule has 1 nitrogen and oxygen atoms in total. The van der Waals surface area contributed by atoms with Gasteiger partial charge in [0.25, 0.3) is 0 Å². The van der Waals surface area contributed by atoms with Crippen LogP contribution >= 0.6 is 0 Å². The summed E-state index contributed by atoms with van der Waals surface area (Å²) in [4.78, 5) is 0. The van der Waals surface area contributed by atoms with Crippen LogP contribution in [0.5, 0.6) is 5.75 Å². The molecule has 0 unspecified atom stereocenters. The molecule has 6 heteroatoms. The predicted octanol–water partition coefficient (Wildman–Crippen LogP) is -4.45. The van der Waals surface area contributed by atoms with Crippen molar-refractivity contribution in [2.24, 2.45) is 0 Å². The molecule has 0 spiro atoms. The fourth-order valence-corrected chi connectivity index (χ4v) is 8.51. The van der Waals surface area contributed by atoms with E-state index in [0.717, 1.165) is 5.75 Å². The Morgan fingerprint density at radius 3 is 1.54 bits per heavy atom. The van der Waals surface area contributed by atoms with E-state index >= 15 is 0 Å². The van der Waals surface area contributed by atoms with Crippen LogP contribution in [0.3, 0.4) is 0 Å². The van der Waals surface area contributed by atoms with Crippen molar-refractivity contribution in [1.82, 2.24) is 0 Å². The van der Waals surface area contributed by atoms with E-state index in [0.29, 0.717) is 0 Å². The fourth-order valence-electron chi connectivity index (χ4n) is 3.57. The summed E-state index contributed by atoms with van der Waals surface area (Å²) in [5.41, 5.74) is 6.10. The van der Waals surface area contributed by atoms with E-state index in [4.69, 9.17) is 4.74 Å². The summed E-state index contributed by atoms with van der Waals surface area (Å²) in [6.07, 6.45) is 0. The van der Waals surface area contributed by atoms with E-state index in [9.17, 15) is 0 Å². The Morgan fingerprint density at radius 2 is 1.21 bits per heavy atom. The van der Waals surface area contributed by atoms with Gasteiger partial charge in [0.15, 0.2) is 0 Å². The monoisotopic (exact) mass is 438 g/mol. The van der Waals surface area contributed by atoms with Gasteiger partial charge in [0, 0.05) is 0 Å². The Kier molecular flexibility index (Phi) is 10.3. The van der Waals surface area contributed by atoms with Gasteiger partial charge in [-0.3, -0.25) is 0 Å². The minimum Gasteiger partial charge on any atom is -1.00 e. The second-order valence-corrected chi connectivity index (χ2v) is 13.1. The summed E-state index contributed by atoms with van der Waals surface area (Å²) in [6, 6.07) is 8.72. The summed E-state index contributed by atoms with van der Waals surface area (Å²) in [7, 11) is 0.0372. The van der Waals surface area contributed by atoms with Gasteiger partial charge < -0.3 is 37.2 Å². The normalized spacial score (nSPS) is 16.2. The molecule has 2 rings (SSSR count). The zero-order valence-electron chi connectivity index (χ0n) is 15.4. The van der Waals surface area contributed by atoms with Crippen molar-refractivity contribution in [1.29, 1.82) is 0 Å². The Morgan fingerprint density at radius 1 is 0.833 bits per heavy atom. The molecule has 132 valence electrons. The largest absolute Gasteiger partial charge is 1.00 e. The van der Waals surface area contributed by atoms with Crippen LogP contribution in [0.2, 0.25) is 16.4 Å². The van der Waals surface area contributed by atoms with Crippen molar-refractivity contribution < 1.29 is 62.4 Å². The first kappa shape index (κ1) is 26.5. The molecule has 0 fully saturated rings. The maximum Gasteiger partial charge on any atom is -1.00 e. The quantitative estimate of drug-likeness (QED) is 0.432. The molecule has 0 bridgehead atoms. The van der Waals surface area contributed by atoms with Crippen LogP contribution < -0.4 is 47.1 Å². The van der Waals surface area contributed by atoms with Gasteiger partial charge in [-0.25, -0.2) is 0 Å². The molecule has 0 atom stereocenters. The Bertz CT molecular complexity index is 612. The SMILES string of the molecule is COc1ccc([Si](C)(C)[C]2([Ti+3])C(C)=C(C)C(C)=C2C)cc1.[Cl-].[Cl-].[Cl-]. The van der Waals surface area contributed by atoms with Gasteiger partial charge in [0.2, 0.25) is 0 Å². The minimum absolute atomic E-state index is 0. The fraction of sp³-hybridized carbons (Fsp3) is 0.444. The standard InChI is InChI=1S/C18H25OSi.3ClH.Ti/c1-12-13(2)15(4)18(14(12)3)20(6,7)17-10-8-16(19-5)9-11-17;;;;/h8-11H,1-7H3;3*1H;/q;;;;+3/p-3. The Labute approximate surface area is 178 Å². The maximum absolute atomic E-state index is 5.31. The van der Waals surface area contributed by atoms with E-state index in [2.05, 4.69) is 85.5 Å². The average molecular weight is 440 g/mol. The molecule has 0 saturated heterocycles. The van der Waals surface area contributed by atoms with Gasteiger partial charge in [-0.15, -0.1) is 0 Å². The molecule has 1 aliphatic carbocycles. The van der Waals surface area contributed by atoms with Gasteiger partial charge in [0.1, 0.15) is 0 Å². The van der Waals surface area contributed by atoms with Gasteiger partial charge in [-0.1, -0.05) is 0 Å². The smallest absolute Gasteiger partial charge is 1.00 e. The molecular formula is C18H25Cl3OSiTi. The van der Waals surface area contributed by atoms with Crippen LogP contribution in [0.1, 0.15) is 27.7 Å². The first-order valence-corrected chi connectivity index (χ1v) is 11.2. The maximum atomic E-state index is 5.31. The molecule has 0 heterocycles. The number of methoxy groups -OCH3 is 1. The number of ether oxygens (including phenoxy) is 1. The third kappa shape index (κ3) is 3.84. The second kappa shape index (κ2) is 9.30. The number of benzene rings is 1. The van der Waals surface area contributed by atoms with E-state index in [1.165, 1.54) is 16.3 Å². The van der Waals surface area contributed by atoms with Crippen LogP contribution in [0.15, 0.2) is 46.6 Å². The number of hydrogen-bond donors (Lipinski definition) is 0.